The Labute approximate surface area is 160 Å². The van der Waals surface area contributed by atoms with Crippen LogP contribution in [0.4, 0.5) is 4.39 Å². The van der Waals surface area contributed by atoms with Gasteiger partial charge in [-0.1, -0.05) is 23.9 Å². The lowest BCUT2D eigenvalue weighted by atomic mass is 10.1. The number of carboxylic acids is 1. The summed E-state index contributed by atoms with van der Waals surface area (Å²) in [6, 6.07) is 5.60. The molecular formula is C17H19FN2O5S2. The number of carbonyl (C=O) groups is 2. The molecule has 2 atom stereocenters. The number of carbonyl (C=O) groups excluding carboxylic acids is 1. The molecule has 1 aromatic rings. The summed E-state index contributed by atoms with van der Waals surface area (Å²) in [5, 5.41) is 8.91. The van der Waals surface area contributed by atoms with Crippen LogP contribution in [0.25, 0.3) is 0 Å². The molecule has 2 fully saturated rings. The SMILES string of the molecule is O=C(O)CCCC(=O)N=C1S[C@@H]2CS(=O)(=O)C[C@@H]2N1Cc1ccc(F)cc1. The summed E-state index contributed by atoms with van der Waals surface area (Å²) in [4.78, 5) is 28.5. The summed E-state index contributed by atoms with van der Waals surface area (Å²) in [5.41, 5.74) is 0.785. The third-order valence-electron chi connectivity index (χ3n) is 4.44. The fourth-order valence-electron chi connectivity index (χ4n) is 3.16. The van der Waals surface area contributed by atoms with Gasteiger partial charge in [-0.25, -0.2) is 12.8 Å². The van der Waals surface area contributed by atoms with Crippen molar-refractivity contribution < 1.29 is 27.5 Å². The van der Waals surface area contributed by atoms with Crippen molar-refractivity contribution >= 4 is 38.6 Å². The summed E-state index contributed by atoms with van der Waals surface area (Å²) in [7, 11) is -3.14. The normalized spacial score (nSPS) is 24.9. The largest absolute Gasteiger partial charge is 0.481 e. The van der Waals surface area contributed by atoms with Crippen LogP contribution in [-0.2, 0) is 26.0 Å². The number of sulfone groups is 1. The number of fused-ring (bicyclic) bond motifs is 1. The van der Waals surface area contributed by atoms with Crippen molar-refractivity contribution in [2.24, 2.45) is 4.99 Å². The maximum Gasteiger partial charge on any atom is 0.303 e. The van der Waals surface area contributed by atoms with E-state index in [0.717, 1.165) is 5.56 Å². The van der Waals surface area contributed by atoms with Crippen molar-refractivity contribution in [1.29, 1.82) is 0 Å². The molecule has 27 heavy (non-hydrogen) atoms. The molecule has 1 N–H and O–H groups in total. The monoisotopic (exact) mass is 414 g/mol. The van der Waals surface area contributed by atoms with Gasteiger partial charge in [0, 0.05) is 24.6 Å². The molecule has 7 nitrogen and oxygen atoms in total. The van der Waals surface area contributed by atoms with Gasteiger partial charge >= 0.3 is 5.97 Å². The Morgan fingerprint density at radius 1 is 1.22 bits per heavy atom. The highest BCUT2D eigenvalue weighted by Gasteiger charge is 2.48. The van der Waals surface area contributed by atoms with E-state index in [0.29, 0.717) is 11.7 Å². The van der Waals surface area contributed by atoms with E-state index in [-0.39, 0.29) is 47.9 Å². The molecule has 3 rings (SSSR count). The molecule has 0 spiro atoms. The molecule has 0 radical (unpaired) electrons. The van der Waals surface area contributed by atoms with Crippen LogP contribution in [0.5, 0.6) is 0 Å². The maximum atomic E-state index is 13.1. The molecule has 2 aliphatic rings. The second-order valence-electron chi connectivity index (χ2n) is 6.59. The van der Waals surface area contributed by atoms with Crippen LogP contribution in [0, 0.1) is 5.82 Å². The highest BCUT2D eigenvalue weighted by Crippen LogP contribution is 2.39. The number of benzene rings is 1. The number of rotatable bonds is 6. The molecular weight excluding hydrogens is 395 g/mol. The zero-order chi connectivity index (χ0) is 19.6. The molecule has 0 bridgehead atoms. The molecule has 0 unspecified atom stereocenters. The van der Waals surface area contributed by atoms with Gasteiger partial charge in [0.25, 0.3) is 0 Å². The molecule has 0 saturated carbocycles. The number of carboxylic acid groups (broad SMARTS) is 1. The Balaban J connectivity index is 1.77. The fourth-order valence-corrected chi connectivity index (χ4v) is 7.13. The number of hydrogen-bond donors (Lipinski definition) is 1. The van der Waals surface area contributed by atoms with Gasteiger partial charge in [-0.05, 0) is 24.1 Å². The van der Waals surface area contributed by atoms with Gasteiger partial charge in [0.2, 0.25) is 5.91 Å². The molecule has 1 amide bonds. The van der Waals surface area contributed by atoms with Gasteiger partial charge in [0.1, 0.15) is 5.82 Å². The first-order valence-electron chi connectivity index (χ1n) is 8.45. The van der Waals surface area contributed by atoms with Crippen LogP contribution in [0.1, 0.15) is 24.8 Å². The molecule has 146 valence electrons. The first-order chi connectivity index (χ1) is 12.7. The summed E-state index contributed by atoms with van der Waals surface area (Å²) in [5.74, 6) is -1.72. The van der Waals surface area contributed by atoms with Crippen molar-refractivity contribution in [1.82, 2.24) is 4.90 Å². The van der Waals surface area contributed by atoms with E-state index in [1.165, 1.54) is 23.9 Å². The van der Waals surface area contributed by atoms with Gasteiger partial charge in [-0.3, -0.25) is 9.59 Å². The van der Waals surface area contributed by atoms with Gasteiger partial charge in [-0.2, -0.15) is 4.99 Å². The zero-order valence-corrected chi connectivity index (χ0v) is 16.0. The van der Waals surface area contributed by atoms with Crippen molar-refractivity contribution in [3.05, 3.63) is 35.6 Å². The topological polar surface area (TPSA) is 104 Å². The van der Waals surface area contributed by atoms with Gasteiger partial charge in [-0.15, -0.1) is 0 Å². The Bertz CT molecular complexity index is 870. The lowest BCUT2D eigenvalue weighted by molar-refractivity contribution is -0.137. The van der Waals surface area contributed by atoms with Gasteiger partial charge in [0.15, 0.2) is 15.0 Å². The van der Waals surface area contributed by atoms with Crippen LogP contribution >= 0.6 is 11.8 Å². The minimum atomic E-state index is -3.14. The van der Waals surface area contributed by atoms with Crippen LogP contribution in [0.3, 0.4) is 0 Å². The van der Waals surface area contributed by atoms with Crippen molar-refractivity contribution in [2.75, 3.05) is 11.5 Å². The molecule has 0 aromatic heterocycles. The quantitative estimate of drug-likeness (QED) is 0.755. The van der Waals surface area contributed by atoms with E-state index in [9.17, 15) is 22.4 Å². The summed E-state index contributed by atoms with van der Waals surface area (Å²) in [6.45, 7) is 0.325. The van der Waals surface area contributed by atoms with E-state index in [2.05, 4.69) is 4.99 Å². The second kappa shape index (κ2) is 7.97. The average Bonchev–Trinajstić information content (AvgIpc) is 3.02. The number of aliphatic imine (C=N–C) groups is 1. The average molecular weight is 414 g/mol. The minimum Gasteiger partial charge on any atom is -0.481 e. The van der Waals surface area contributed by atoms with Gasteiger partial charge in [0.05, 0.1) is 17.5 Å². The second-order valence-corrected chi connectivity index (χ2v) is 9.95. The van der Waals surface area contributed by atoms with E-state index < -0.39 is 21.7 Å². The molecule has 2 aliphatic heterocycles. The Morgan fingerprint density at radius 3 is 2.59 bits per heavy atom. The molecule has 2 heterocycles. The molecule has 10 heteroatoms. The van der Waals surface area contributed by atoms with Crippen LogP contribution in [0.2, 0.25) is 0 Å². The van der Waals surface area contributed by atoms with E-state index in [1.54, 1.807) is 17.0 Å². The summed E-state index contributed by atoms with van der Waals surface area (Å²) >= 11 is 1.27. The number of halogens is 1. The minimum absolute atomic E-state index is 0.00190. The van der Waals surface area contributed by atoms with Gasteiger partial charge < -0.3 is 10.0 Å². The smallest absolute Gasteiger partial charge is 0.303 e. The Hall–Kier alpha value is -1.94. The number of amidine groups is 1. The summed E-state index contributed by atoms with van der Waals surface area (Å²) < 4.78 is 37.1. The lowest BCUT2D eigenvalue weighted by Crippen LogP contribution is -2.37. The van der Waals surface area contributed by atoms with Crippen molar-refractivity contribution in [3.8, 4) is 0 Å². The standard InChI is InChI=1S/C17H19FN2O5S2/c18-12-6-4-11(5-7-12)8-20-13-9-27(24,25)10-14(13)26-17(20)19-15(21)2-1-3-16(22)23/h4-7,13-14H,1-3,8-10H2,(H,22,23)/t13-,14+/m0/s1. The molecule has 2 saturated heterocycles. The van der Waals surface area contributed by atoms with Crippen molar-refractivity contribution in [3.63, 3.8) is 0 Å². The number of thioether (sulfide) groups is 1. The number of amides is 1. The first-order valence-corrected chi connectivity index (χ1v) is 11.1. The lowest BCUT2D eigenvalue weighted by Gasteiger charge is -2.24. The number of nitrogens with zero attached hydrogens (tertiary/aromatic N) is 2. The number of aliphatic carboxylic acids is 1. The fraction of sp³-hybridized carbons (Fsp3) is 0.471. The Kier molecular flexibility index (Phi) is 5.85. The van der Waals surface area contributed by atoms with Crippen LogP contribution in [-0.4, -0.2) is 58.3 Å². The predicted molar refractivity (Wildman–Crippen MR) is 99.7 cm³/mol. The highest BCUT2D eigenvalue weighted by atomic mass is 32.2. The number of hydrogen-bond acceptors (Lipinski definition) is 5. The third-order valence-corrected chi connectivity index (χ3v) is 7.69. The highest BCUT2D eigenvalue weighted by molar-refractivity contribution is 8.15. The zero-order valence-electron chi connectivity index (χ0n) is 14.4. The van der Waals surface area contributed by atoms with E-state index in [1.807, 2.05) is 0 Å². The van der Waals surface area contributed by atoms with Crippen LogP contribution < -0.4 is 0 Å². The van der Waals surface area contributed by atoms with E-state index >= 15 is 0 Å². The third kappa shape index (κ3) is 5.07. The molecule has 0 aliphatic carbocycles. The first kappa shape index (κ1) is 19.8. The van der Waals surface area contributed by atoms with E-state index in [4.69, 9.17) is 5.11 Å². The predicted octanol–water partition coefficient (Wildman–Crippen LogP) is 1.68. The summed E-state index contributed by atoms with van der Waals surface area (Å²) in [6.07, 6.45) is 0.121. The molecule has 1 aromatic carbocycles. The van der Waals surface area contributed by atoms with Crippen LogP contribution in [0.15, 0.2) is 29.3 Å². The Morgan fingerprint density at radius 2 is 1.93 bits per heavy atom. The van der Waals surface area contributed by atoms with Crippen molar-refractivity contribution in [2.45, 2.75) is 37.1 Å². The maximum absolute atomic E-state index is 13.1.